The topological polar surface area (TPSA) is 80.3 Å². The first-order valence-electron chi connectivity index (χ1n) is 11.7. The second kappa shape index (κ2) is 12.2. The zero-order chi connectivity index (χ0) is 25.5. The van der Waals surface area contributed by atoms with Crippen molar-refractivity contribution in [1.82, 2.24) is 0 Å². The van der Waals surface area contributed by atoms with E-state index < -0.39 is 5.97 Å². The number of hydrogen-bond donors (Lipinski definition) is 2. The number of morpholine rings is 1. The fraction of sp³-hybridized carbons (Fsp3) is 0.296. The minimum absolute atomic E-state index is 0.265. The van der Waals surface area contributed by atoms with Crippen LogP contribution in [0.25, 0.3) is 0 Å². The molecule has 0 radical (unpaired) electrons. The van der Waals surface area contributed by atoms with Crippen molar-refractivity contribution < 1.29 is 24.1 Å². The van der Waals surface area contributed by atoms with Gasteiger partial charge in [-0.1, -0.05) is 35.3 Å². The third-order valence-electron chi connectivity index (χ3n) is 5.78. The van der Waals surface area contributed by atoms with Crippen molar-refractivity contribution in [3.8, 4) is 11.5 Å². The van der Waals surface area contributed by atoms with E-state index in [4.69, 9.17) is 37.4 Å². The Balaban J connectivity index is 1.45. The van der Waals surface area contributed by atoms with Gasteiger partial charge in [-0.15, -0.1) is 0 Å². The lowest BCUT2D eigenvalue weighted by Gasteiger charge is -2.30. The summed E-state index contributed by atoms with van der Waals surface area (Å²) in [5, 5.41) is 14.2. The average Bonchev–Trinajstić information content (AvgIpc) is 2.88. The van der Waals surface area contributed by atoms with Gasteiger partial charge in [0.25, 0.3) is 0 Å². The number of hydrogen-bond acceptors (Lipinski definition) is 6. The van der Waals surface area contributed by atoms with E-state index in [9.17, 15) is 9.90 Å². The Hall–Kier alpha value is -3.13. The third-order valence-corrected chi connectivity index (χ3v) is 6.37. The van der Waals surface area contributed by atoms with Gasteiger partial charge in [-0.3, -0.25) is 0 Å². The lowest BCUT2D eigenvalue weighted by molar-refractivity contribution is 0.0696. The Morgan fingerprint density at radius 1 is 1.03 bits per heavy atom. The summed E-state index contributed by atoms with van der Waals surface area (Å²) in [5.41, 5.74) is 3.48. The van der Waals surface area contributed by atoms with Gasteiger partial charge in [0.1, 0.15) is 6.61 Å². The zero-order valence-corrected chi connectivity index (χ0v) is 21.4. The maximum absolute atomic E-state index is 11.9. The molecular formula is C27H28Cl2N2O5. The molecular weight excluding hydrogens is 503 g/mol. The van der Waals surface area contributed by atoms with Crippen molar-refractivity contribution in [2.75, 3.05) is 43.1 Å². The van der Waals surface area contributed by atoms with Crippen LogP contribution in [0.15, 0.2) is 54.6 Å². The first kappa shape index (κ1) is 25.9. The molecule has 0 aliphatic carbocycles. The van der Waals surface area contributed by atoms with E-state index in [0.717, 1.165) is 16.8 Å². The Kier molecular flexibility index (Phi) is 8.80. The molecule has 1 heterocycles. The summed E-state index contributed by atoms with van der Waals surface area (Å²) in [7, 11) is 0. The molecule has 2 N–H and O–H groups in total. The number of benzene rings is 3. The summed E-state index contributed by atoms with van der Waals surface area (Å²) in [6.07, 6.45) is 0. The van der Waals surface area contributed by atoms with E-state index in [0.29, 0.717) is 66.7 Å². The van der Waals surface area contributed by atoms with Crippen molar-refractivity contribution >= 4 is 40.5 Å². The van der Waals surface area contributed by atoms with Gasteiger partial charge in [0.05, 0.1) is 31.1 Å². The molecule has 0 bridgehead atoms. The van der Waals surface area contributed by atoms with Crippen molar-refractivity contribution in [3.05, 3.63) is 81.3 Å². The van der Waals surface area contributed by atoms with Gasteiger partial charge in [0.15, 0.2) is 11.5 Å². The van der Waals surface area contributed by atoms with Crippen LogP contribution < -0.4 is 19.7 Å². The highest BCUT2D eigenvalue weighted by atomic mass is 35.5. The Labute approximate surface area is 220 Å². The summed E-state index contributed by atoms with van der Waals surface area (Å²) in [6.45, 7) is 5.69. The second-order valence-electron chi connectivity index (χ2n) is 8.23. The smallest absolute Gasteiger partial charge is 0.337 e. The highest BCUT2D eigenvalue weighted by Crippen LogP contribution is 2.31. The average molecular weight is 531 g/mol. The van der Waals surface area contributed by atoms with Gasteiger partial charge >= 0.3 is 5.97 Å². The highest BCUT2D eigenvalue weighted by molar-refractivity contribution is 6.35. The van der Waals surface area contributed by atoms with E-state index in [1.165, 1.54) is 0 Å². The number of ether oxygens (including phenoxy) is 3. The molecule has 0 saturated carbocycles. The Morgan fingerprint density at radius 2 is 1.83 bits per heavy atom. The Morgan fingerprint density at radius 3 is 2.56 bits per heavy atom. The van der Waals surface area contributed by atoms with E-state index in [1.807, 2.05) is 48.2 Å². The first-order chi connectivity index (χ1) is 17.4. The molecule has 0 unspecified atom stereocenters. The number of carbonyl (C=O) groups is 1. The number of rotatable bonds is 10. The molecule has 1 fully saturated rings. The molecule has 190 valence electrons. The molecule has 1 aliphatic rings. The summed E-state index contributed by atoms with van der Waals surface area (Å²) < 4.78 is 17.2. The number of carboxylic acids is 1. The molecule has 0 amide bonds. The van der Waals surface area contributed by atoms with Crippen molar-refractivity contribution in [2.24, 2.45) is 0 Å². The fourth-order valence-corrected chi connectivity index (χ4v) is 4.41. The predicted molar refractivity (Wildman–Crippen MR) is 142 cm³/mol. The third kappa shape index (κ3) is 6.55. The van der Waals surface area contributed by atoms with Crippen molar-refractivity contribution in [2.45, 2.75) is 20.1 Å². The van der Waals surface area contributed by atoms with Crippen LogP contribution in [0, 0.1) is 0 Å². The van der Waals surface area contributed by atoms with E-state index >= 15 is 0 Å². The second-order valence-corrected chi connectivity index (χ2v) is 9.07. The Bertz CT molecular complexity index is 1210. The molecule has 7 nitrogen and oxygen atoms in total. The van der Waals surface area contributed by atoms with Crippen LogP contribution in [0.2, 0.25) is 10.0 Å². The van der Waals surface area contributed by atoms with Gasteiger partial charge < -0.3 is 29.5 Å². The number of nitrogens with one attached hydrogen (secondary N) is 1. The lowest BCUT2D eigenvalue weighted by atomic mass is 10.1. The predicted octanol–water partition coefficient (Wildman–Crippen LogP) is 6.12. The van der Waals surface area contributed by atoms with Gasteiger partial charge in [-0.2, -0.15) is 0 Å². The van der Waals surface area contributed by atoms with Crippen LogP contribution in [-0.4, -0.2) is 44.0 Å². The number of halogens is 2. The quantitative estimate of drug-likeness (QED) is 0.326. The standard InChI is InChI=1S/C27H28Cl2N2O5/c1-2-35-26-13-18(3-8-25(26)36-17-19-4-5-20(28)14-23(19)29)16-30-21-6-7-24(22(15-21)27(32)33)31-9-11-34-12-10-31/h3-8,13-15,30H,2,9-12,16-17H2,1H3,(H,32,33). The summed E-state index contributed by atoms with van der Waals surface area (Å²) in [6, 6.07) is 16.4. The highest BCUT2D eigenvalue weighted by Gasteiger charge is 2.19. The first-order valence-corrected chi connectivity index (χ1v) is 12.5. The molecule has 1 saturated heterocycles. The minimum atomic E-state index is -0.957. The normalized spacial score (nSPS) is 13.4. The number of carboxylic acid groups (broad SMARTS) is 1. The number of nitrogens with zero attached hydrogens (tertiary/aromatic N) is 1. The van der Waals surface area contributed by atoms with Gasteiger partial charge in [0.2, 0.25) is 0 Å². The maximum atomic E-state index is 11.9. The molecule has 0 spiro atoms. The SMILES string of the molecule is CCOc1cc(CNc2ccc(N3CCOCC3)c(C(=O)O)c2)ccc1OCc1ccc(Cl)cc1Cl. The molecule has 3 aromatic carbocycles. The molecule has 0 aromatic heterocycles. The van der Waals surface area contributed by atoms with Crippen LogP contribution in [-0.2, 0) is 17.9 Å². The van der Waals surface area contributed by atoms with Crippen LogP contribution in [0.5, 0.6) is 11.5 Å². The van der Waals surface area contributed by atoms with Gasteiger partial charge in [-0.25, -0.2) is 4.79 Å². The molecule has 3 aromatic rings. The number of anilines is 2. The largest absolute Gasteiger partial charge is 0.490 e. The van der Waals surface area contributed by atoms with Crippen LogP contribution in [0.4, 0.5) is 11.4 Å². The summed E-state index contributed by atoms with van der Waals surface area (Å²) >= 11 is 12.2. The van der Waals surface area contributed by atoms with Gasteiger partial charge in [-0.05, 0) is 55.0 Å². The van der Waals surface area contributed by atoms with Crippen molar-refractivity contribution in [1.29, 1.82) is 0 Å². The summed E-state index contributed by atoms with van der Waals surface area (Å²) in [5.74, 6) is 0.270. The maximum Gasteiger partial charge on any atom is 0.337 e. The zero-order valence-electron chi connectivity index (χ0n) is 19.9. The molecule has 4 rings (SSSR count). The lowest BCUT2D eigenvalue weighted by Crippen LogP contribution is -2.37. The molecule has 36 heavy (non-hydrogen) atoms. The fourth-order valence-electron chi connectivity index (χ4n) is 3.95. The van der Waals surface area contributed by atoms with Crippen molar-refractivity contribution in [3.63, 3.8) is 0 Å². The van der Waals surface area contributed by atoms with Crippen LogP contribution in [0.1, 0.15) is 28.4 Å². The van der Waals surface area contributed by atoms with Crippen LogP contribution >= 0.6 is 23.2 Å². The number of aromatic carboxylic acids is 1. The molecule has 1 aliphatic heterocycles. The monoisotopic (exact) mass is 530 g/mol. The molecule has 0 atom stereocenters. The molecule has 9 heteroatoms. The van der Waals surface area contributed by atoms with E-state index in [1.54, 1.807) is 18.2 Å². The van der Waals surface area contributed by atoms with E-state index in [2.05, 4.69) is 5.32 Å². The minimum Gasteiger partial charge on any atom is -0.490 e. The summed E-state index contributed by atoms with van der Waals surface area (Å²) in [4.78, 5) is 14.0. The van der Waals surface area contributed by atoms with E-state index in [-0.39, 0.29) is 12.2 Å². The van der Waals surface area contributed by atoms with Gasteiger partial charge in [0, 0.05) is 40.9 Å². The van der Waals surface area contributed by atoms with Crippen LogP contribution in [0.3, 0.4) is 0 Å².